The molecule has 2 N–H and O–H groups in total. The van der Waals surface area contributed by atoms with Crippen molar-refractivity contribution in [3.8, 4) is 17.1 Å². The summed E-state index contributed by atoms with van der Waals surface area (Å²) in [6, 6.07) is 12.0. The molecule has 0 bridgehead atoms. The van der Waals surface area contributed by atoms with Crippen molar-refractivity contribution in [2.75, 3.05) is 44.7 Å². The number of benzene rings is 1. The Morgan fingerprint density at radius 1 is 1.14 bits per heavy atom. The number of aliphatic hydroxyl groups excluding tert-OH is 1. The Labute approximate surface area is 171 Å². The number of imidazole rings is 1. The van der Waals surface area contributed by atoms with Gasteiger partial charge in [-0.25, -0.2) is 4.98 Å². The number of aliphatic hydroxyl groups is 1. The molecule has 0 amide bonds. The van der Waals surface area contributed by atoms with Crippen LogP contribution < -0.4 is 9.64 Å². The highest BCUT2D eigenvalue weighted by Gasteiger charge is 2.23. The summed E-state index contributed by atoms with van der Waals surface area (Å²) < 4.78 is 5.23. The SMILES string of the molecule is COc1ccc(N2CCN(CC(O)c3nc(-c4cccnc4)[nH]c3C)CC2)cc1. The quantitative estimate of drug-likeness (QED) is 0.670. The minimum Gasteiger partial charge on any atom is -0.497 e. The predicted octanol–water partition coefficient (Wildman–Crippen LogP) is 2.64. The highest BCUT2D eigenvalue weighted by atomic mass is 16.5. The zero-order chi connectivity index (χ0) is 20.2. The van der Waals surface area contributed by atoms with Crippen molar-refractivity contribution in [3.63, 3.8) is 0 Å². The Bertz CT molecular complexity index is 918. The smallest absolute Gasteiger partial charge is 0.139 e. The lowest BCUT2D eigenvalue weighted by Gasteiger charge is -2.36. The average Bonchev–Trinajstić information content (AvgIpc) is 3.17. The highest BCUT2D eigenvalue weighted by Crippen LogP contribution is 2.24. The summed E-state index contributed by atoms with van der Waals surface area (Å²) in [5.41, 5.74) is 3.73. The second-order valence-electron chi connectivity index (χ2n) is 7.34. The first-order valence-corrected chi connectivity index (χ1v) is 9.90. The summed E-state index contributed by atoms with van der Waals surface area (Å²) in [6.07, 6.45) is 2.89. The molecule has 29 heavy (non-hydrogen) atoms. The zero-order valence-corrected chi connectivity index (χ0v) is 16.9. The molecule has 1 unspecified atom stereocenters. The van der Waals surface area contributed by atoms with Crippen LogP contribution in [0.2, 0.25) is 0 Å². The molecule has 1 aliphatic rings. The Balaban J connectivity index is 1.35. The van der Waals surface area contributed by atoms with Gasteiger partial charge < -0.3 is 19.7 Å². The fourth-order valence-corrected chi connectivity index (χ4v) is 3.75. The lowest BCUT2D eigenvalue weighted by molar-refractivity contribution is 0.106. The normalized spacial score (nSPS) is 16.0. The number of methoxy groups -OCH3 is 1. The Morgan fingerprint density at radius 3 is 2.55 bits per heavy atom. The van der Waals surface area contributed by atoms with Gasteiger partial charge >= 0.3 is 0 Å². The van der Waals surface area contributed by atoms with Gasteiger partial charge in [-0.1, -0.05) is 0 Å². The maximum atomic E-state index is 10.8. The first-order valence-electron chi connectivity index (χ1n) is 9.90. The number of aromatic nitrogens is 3. The van der Waals surface area contributed by atoms with E-state index in [1.165, 1.54) is 5.69 Å². The van der Waals surface area contributed by atoms with Gasteiger partial charge in [0.2, 0.25) is 0 Å². The van der Waals surface area contributed by atoms with E-state index < -0.39 is 6.10 Å². The molecular weight excluding hydrogens is 366 g/mol. The number of rotatable bonds is 6. The van der Waals surface area contributed by atoms with Crippen LogP contribution >= 0.6 is 0 Å². The van der Waals surface area contributed by atoms with Crippen LogP contribution in [0.15, 0.2) is 48.8 Å². The molecule has 0 aliphatic carbocycles. The number of piperazine rings is 1. The van der Waals surface area contributed by atoms with Crippen molar-refractivity contribution in [1.82, 2.24) is 19.9 Å². The molecule has 0 radical (unpaired) electrons. The predicted molar refractivity (Wildman–Crippen MR) is 113 cm³/mol. The summed E-state index contributed by atoms with van der Waals surface area (Å²) >= 11 is 0. The third kappa shape index (κ3) is 4.41. The molecule has 1 saturated heterocycles. The van der Waals surface area contributed by atoms with Gasteiger partial charge in [-0.05, 0) is 43.3 Å². The van der Waals surface area contributed by atoms with Gasteiger partial charge in [0.15, 0.2) is 0 Å². The maximum Gasteiger partial charge on any atom is 0.139 e. The molecule has 152 valence electrons. The van der Waals surface area contributed by atoms with Gasteiger partial charge in [0.25, 0.3) is 0 Å². The van der Waals surface area contributed by atoms with Crippen LogP contribution in [0.25, 0.3) is 11.4 Å². The van der Waals surface area contributed by atoms with Crippen LogP contribution in [-0.2, 0) is 0 Å². The Morgan fingerprint density at radius 2 is 1.90 bits per heavy atom. The molecule has 1 aromatic carbocycles. The molecule has 7 nitrogen and oxygen atoms in total. The molecule has 1 aliphatic heterocycles. The molecule has 3 aromatic rings. The second kappa shape index (κ2) is 8.63. The van der Waals surface area contributed by atoms with Crippen molar-refractivity contribution in [2.24, 2.45) is 0 Å². The molecule has 1 fully saturated rings. The van der Waals surface area contributed by atoms with Crippen LogP contribution in [0, 0.1) is 6.92 Å². The van der Waals surface area contributed by atoms with Crippen LogP contribution in [0.1, 0.15) is 17.5 Å². The third-order valence-corrected chi connectivity index (χ3v) is 5.41. The van der Waals surface area contributed by atoms with E-state index in [9.17, 15) is 5.11 Å². The van der Waals surface area contributed by atoms with Crippen LogP contribution in [0.4, 0.5) is 5.69 Å². The minimum absolute atomic E-state index is 0.578. The second-order valence-corrected chi connectivity index (χ2v) is 7.34. The van der Waals surface area contributed by atoms with Gasteiger partial charge in [0, 0.05) is 62.1 Å². The van der Waals surface area contributed by atoms with Crippen LogP contribution in [0.5, 0.6) is 5.75 Å². The van der Waals surface area contributed by atoms with Crippen molar-refractivity contribution >= 4 is 5.69 Å². The number of ether oxygens (including phenoxy) is 1. The van der Waals surface area contributed by atoms with Gasteiger partial charge in [-0.15, -0.1) is 0 Å². The minimum atomic E-state index is -0.621. The summed E-state index contributed by atoms with van der Waals surface area (Å²) in [6.45, 7) is 6.20. The number of H-pyrrole nitrogens is 1. The topological polar surface area (TPSA) is 77.5 Å². The number of hydrogen-bond donors (Lipinski definition) is 2. The van der Waals surface area contributed by atoms with Gasteiger partial charge in [-0.2, -0.15) is 0 Å². The monoisotopic (exact) mass is 393 g/mol. The molecule has 1 atom stereocenters. The van der Waals surface area contributed by atoms with E-state index in [4.69, 9.17) is 4.74 Å². The van der Waals surface area contributed by atoms with E-state index in [1.807, 2.05) is 31.2 Å². The summed E-state index contributed by atoms with van der Waals surface area (Å²) in [5.74, 6) is 1.62. The molecule has 2 aromatic heterocycles. The lowest BCUT2D eigenvalue weighted by Crippen LogP contribution is -2.47. The number of nitrogens with zero attached hydrogens (tertiary/aromatic N) is 4. The number of anilines is 1. The zero-order valence-electron chi connectivity index (χ0n) is 16.9. The average molecular weight is 393 g/mol. The van der Waals surface area contributed by atoms with E-state index >= 15 is 0 Å². The fraction of sp³-hybridized carbons (Fsp3) is 0.364. The fourth-order valence-electron chi connectivity index (χ4n) is 3.75. The summed E-state index contributed by atoms with van der Waals surface area (Å²) in [7, 11) is 1.68. The van der Waals surface area contributed by atoms with Gasteiger partial charge in [-0.3, -0.25) is 9.88 Å². The van der Waals surface area contributed by atoms with Crippen molar-refractivity contribution in [1.29, 1.82) is 0 Å². The van der Waals surface area contributed by atoms with E-state index in [0.29, 0.717) is 12.2 Å². The van der Waals surface area contributed by atoms with E-state index in [1.54, 1.807) is 19.5 Å². The first kappa shape index (κ1) is 19.4. The highest BCUT2D eigenvalue weighted by molar-refractivity contribution is 5.54. The van der Waals surface area contributed by atoms with Crippen LogP contribution in [-0.4, -0.2) is 64.8 Å². The lowest BCUT2D eigenvalue weighted by atomic mass is 10.2. The first-order chi connectivity index (χ1) is 14.1. The van der Waals surface area contributed by atoms with E-state index in [2.05, 4.69) is 36.9 Å². The van der Waals surface area contributed by atoms with Gasteiger partial charge in [0.1, 0.15) is 17.7 Å². The number of nitrogens with one attached hydrogen (secondary N) is 1. The Hall–Kier alpha value is -2.90. The molecule has 0 saturated carbocycles. The maximum absolute atomic E-state index is 10.8. The standard InChI is InChI=1S/C22H27N5O2/c1-16-21(25-22(24-16)17-4-3-9-23-14-17)20(28)15-26-10-12-27(13-11-26)18-5-7-19(29-2)8-6-18/h3-9,14,20,28H,10-13,15H2,1-2H3,(H,24,25). The Kier molecular flexibility index (Phi) is 5.78. The summed E-state index contributed by atoms with van der Waals surface area (Å²) in [4.78, 5) is 16.7. The number of β-amino-alcohol motifs (C(OH)–C–C–N with tert-alkyl or cyclic N) is 1. The molecule has 3 heterocycles. The number of aryl methyl sites for hydroxylation is 1. The number of hydrogen-bond acceptors (Lipinski definition) is 6. The number of pyridine rings is 1. The van der Waals surface area contributed by atoms with Crippen molar-refractivity contribution in [2.45, 2.75) is 13.0 Å². The van der Waals surface area contributed by atoms with Crippen molar-refractivity contribution < 1.29 is 9.84 Å². The largest absolute Gasteiger partial charge is 0.497 e. The number of aromatic amines is 1. The van der Waals surface area contributed by atoms with Crippen molar-refractivity contribution in [3.05, 3.63) is 60.2 Å². The van der Waals surface area contributed by atoms with Gasteiger partial charge in [0.05, 0.1) is 12.8 Å². The van der Waals surface area contributed by atoms with E-state index in [0.717, 1.165) is 49.0 Å². The molecular formula is C22H27N5O2. The third-order valence-electron chi connectivity index (χ3n) is 5.41. The van der Waals surface area contributed by atoms with E-state index in [-0.39, 0.29) is 0 Å². The molecule has 4 rings (SSSR count). The van der Waals surface area contributed by atoms with Crippen LogP contribution in [0.3, 0.4) is 0 Å². The molecule has 0 spiro atoms. The molecule has 7 heteroatoms. The summed E-state index contributed by atoms with van der Waals surface area (Å²) in [5, 5.41) is 10.8.